The molecule has 3 aromatic rings. The number of benzene rings is 1. The predicted molar refractivity (Wildman–Crippen MR) is 129 cm³/mol. The van der Waals surface area contributed by atoms with E-state index in [2.05, 4.69) is 39.5 Å². The monoisotopic (exact) mass is 462 g/mol. The van der Waals surface area contributed by atoms with Gasteiger partial charge in [-0.1, -0.05) is 30.4 Å². The third-order valence-corrected chi connectivity index (χ3v) is 6.37. The maximum atomic E-state index is 12.7. The highest BCUT2D eigenvalue weighted by molar-refractivity contribution is 7.19. The van der Waals surface area contributed by atoms with Gasteiger partial charge in [0, 0.05) is 25.0 Å². The summed E-state index contributed by atoms with van der Waals surface area (Å²) in [4.78, 5) is 14.8. The molecule has 9 heteroatoms. The number of carbonyl (C=O) groups excluding carboxylic acids is 1. The lowest BCUT2D eigenvalue weighted by atomic mass is 10.2. The molecule has 1 amide bonds. The molecule has 0 saturated carbocycles. The van der Waals surface area contributed by atoms with Crippen molar-refractivity contribution in [2.75, 3.05) is 29.9 Å². The van der Waals surface area contributed by atoms with Gasteiger partial charge in [0.15, 0.2) is 0 Å². The van der Waals surface area contributed by atoms with E-state index in [0.29, 0.717) is 18.3 Å². The standard InChI is InChI=1S/C24H26N6O2S/c1-2-18-7-9-21(10-8-18)32-15-14-29-13-5-6-20(29)16-19(17-25)22(31)26-23-27-28-24(33-23)30-11-3-4-12-30/h5-10,13,16H,2-4,11-12,14-15H2,1H3,(H,26,27,31)/b19-16-. The van der Waals surface area contributed by atoms with Gasteiger partial charge in [0.2, 0.25) is 10.3 Å². The average Bonchev–Trinajstić information content (AvgIpc) is 3.60. The molecule has 0 atom stereocenters. The molecule has 2 aromatic heterocycles. The van der Waals surface area contributed by atoms with Gasteiger partial charge in [0.25, 0.3) is 5.91 Å². The summed E-state index contributed by atoms with van der Waals surface area (Å²) in [5, 5.41) is 21.6. The van der Waals surface area contributed by atoms with Crippen LogP contribution in [0.4, 0.5) is 10.3 Å². The van der Waals surface area contributed by atoms with Crippen molar-refractivity contribution in [3.63, 3.8) is 0 Å². The van der Waals surface area contributed by atoms with Gasteiger partial charge in [-0.05, 0) is 55.2 Å². The van der Waals surface area contributed by atoms with Crippen LogP contribution in [0.1, 0.15) is 31.0 Å². The van der Waals surface area contributed by atoms with Gasteiger partial charge >= 0.3 is 0 Å². The molecule has 3 heterocycles. The Bertz CT molecular complexity index is 1150. The minimum Gasteiger partial charge on any atom is -0.492 e. The van der Waals surface area contributed by atoms with Gasteiger partial charge < -0.3 is 14.2 Å². The van der Waals surface area contributed by atoms with Gasteiger partial charge in [-0.25, -0.2) is 0 Å². The van der Waals surface area contributed by atoms with E-state index < -0.39 is 5.91 Å². The highest BCUT2D eigenvalue weighted by Gasteiger charge is 2.18. The Balaban J connectivity index is 1.36. The van der Waals surface area contributed by atoms with Crippen LogP contribution in [0.15, 0.2) is 48.2 Å². The molecule has 8 nitrogen and oxygen atoms in total. The number of carbonyl (C=O) groups is 1. The summed E-state index contributed by atoms with van der Waals surface area (Å²) >= 11 is 1.32. The summed E-state index contributed by atoms with van der Waals surface area (Å²) in [6, 6.07) is 13.8. The van der Waals surface area contributed by atoms with Crippen LogP contribution in [-0.2, 0) is 17.8 Å². The van der Waals surface area contributed by atoms with Crippen LogP contribution in [0.5, 0.6) is 5.75 Å². The first kappa shape index (κ1) is 22.6. The summed E-state index contributed by atoms with van der Waals surface area (Å²) in [6.07, 6.45) is 6.74. The number of rotatable bonds is 9. The lowest BCUT2D eigenvalue weighted by Gasteiger charge is -2.11. The lowest BCUT2D eigenvalue weighted by molar-refractivity contribution is -0.112. The van der Waals surface area contributed by atoms with Crippen LogP contribution in [-0.4, -0.2) is 40.4 Å². The Hall–Kier alpha value is -3.64. The van der Waals surface area contributed by atoms with Gasteiger partial charge in [-0.2, -0.15) is 5.26 Å². The molecular formula is C24H26N6O2S. The summed E-state index contributed by atoms with van der Waals surface area (Å²) in [5.41, 5.74) is 2.02. The van der Waals surface area contributed by atoms with E-state index in [9.17, 15) is 10.1 Å². The van der Waals surface area contributed by atoms with Crippen LogP contribution in [0.3, 0.4) is 0 Å². The van der Waals surface area contributed by atoms with Crippen LogP contribution in [0, 0.1) is 11.3 Å². The number of amides is 1. The molecule has 0 bridgehead atoms. The van der Waals surface area contributed by atoms with Crippen LogP contribution >= 0.6 is 11.3 Å². The van der Waals surface area contributed by atoms with Gasteiger partial charge in [0.1, 0.15) is 24.0 Å². The van der Waals surface area contributed by atoms with E-state index in [1.54, 1.807) is 6.08 Å². The average molecular weight is 463 g/mol. The van der Waals surface area contributed by atoms with E-state index in [4.69, 9.17) is 4.74 Å². The first-order chi connectivity index (χ1) is 16.2. The number of anilines is 2. The molecule has 1 N–H and O–H groups in total. The molecule has 1 aromatic carbocycles. The normalized spacial score (nSPS) is 13.7. The Morgan fingerprint density at radius 3 is 2.76 bits per heavy atom. The fourth-order valence-electron chi connectivity index (χ4n) is 3.61. The third-order valence-electron chi connectivity index (χ3n) is 5.47. The number of nitrogens with one attached hydrogen (secondary N) is 1. The van der Waals surface area contributed by atoms with Crippen molar-refractivity contribution in [3.05, 3.63) is 59.4 Å². The number of ether oxygens (including phenoxy) is 1. The van der Waals surface area contributed by atoms with Crippen molar-refractivity contribution in [2.24, 2.45) is 0 Å². The maximum Gasteiger partial charge on any atom is 0.268 e. The number of aryl methyl sites for hydroxylation is 1. The Kier molecular flexibility index (Phi) is 7.37. The SMILES string of the molecule is CCc1ccc(OCCn2cccc2/C=C(/C#N)C(=O)Nc2nnc(N3CCCC3)s2)cc1. The Labute approximate surface area is 197 Å². The van der Waals surface area contributed by atoms with Crippen molar-refractivity contribution in [1.29, 1.82) is 5.26 Å². The molecule has 1 aliphatic rings. The van der Waals surface area contributed by atoms with Crippen molar-refractivity contribution >= 4 is 33.6 Å². The molecule has 1 saturated heterocycles. The molecule has 0 spiro atoms. The fraction of sp³-hybridized carbons (Fsp3) is 0.333. The highest BCUT2D eigenvalue weighted by atomic mass is 32.1. The molecule has 1 fully saturated rings. The summed E-state index contributed by atoms with van der Waals surface area (Å²) in [6.45, 7) is 5.09. The van der Waals surface area contributed by atoms with Crippen molar-refractivity contribution in [3.8, 4) is 11.8 Å². The first-order valence-corrected chi connectivity index (χ1v) is 11.9. The molecule has 1 aliphatic heterocycles. The number of hydrogen-bond donors (Lipinski definition) is 1. The molecule has 0 radical (unpaired) electrons. The third kappa shape index (κ3) is 5.79. The second-order valence-electron chi connectivity index (χ2n) is 7.68. The number of hydrogen-bond acceptors (Lipinski definition) is 7. The van der Waals surface area contributed by atoms with E-state index in [1.807, 2.05) is 41.1 Å². The van der Waals surface area contributed by atoms with Crippen LogP contribution in [0.25, 0.3) is 6.08 Å². The number of nitriles is 1. The molecular weight excluding hydrogens is 436 g/mol. The zero-order valence-corrected chi connectivity index (χ0v) is 19.3. The van der Waals surface area contributed by atoms with E-state index in [-0.39, 0.29) is 5.57 Å². The summed E-state index contributed by atoms with van der Waals surface area (Å²) < 4.78 is 7.78. The molecule has 4 rings (SSSR count). The first-order valence-electron chi connectivity index (χ1n) is 11.0. The molecule has 33 heavy (non-hydrogen) atoms. The van der Waals surface area contributed by atoms with E-state index >= 15 is 0 Å². The second-order valence-corrected chi connectivity index (χ2v) is 8.64. The maximum absolute atomic E-state index is 12.7. The molecule has 0 unspecified atom stereocenters. The van der Waals surface area contributed by atoms with Gasteiger partial charge in [0.05, 0.1) is 6.54 Å². The largest absolute Gasteiger partial charge is 0.492 e. The summed E-state index contributed by atoms with van der Waals surface area (Å²) in [7, 11) is 0. The van der Waals surface area contributed by atoms with Crippen molar-refractivity contribution < 1.29 is 9.53 Å². The van der Waals surface area contributed by atoms with E-state index in [0.717, 1.165) is 48.9 Å². The van der Waals surface area contributed by atoms with Crippen molar-refractivity contribution in [1.82, 2.24) is 14.8 Å². The van der Waals surface area contributed by atoms with Gasteiger partial charge in [-0.3, -0.25) is 10.1 Å². The molecule has 0 aliphatic carbocycles. The topological polar surface area (TPSA) is 96.1 Å². The minimum atomic E-state index is -0.498. The highest BCUT2D eigenvalue weighted by Crippen LogP contribution is 2.27. The fourth-order valence-corrected chi connectivity index (χ4v) is 4.40. The Morgan fingerprint density at radius 1 is 1.24 bits per heavy atom. The summed E-state index contributed by atoms with van der Waals surface area (Å²) in [5.74, 6) is 0.320. The van der Waals surface area contributed by atoms with E-state index in [1.165, 1.54) is 16.9 Å². The van der Waals surface area contributed by atoms with Gasteiger partial charge in [-0.15, -0.1) is 10.2 Å². The smallest absolute Gasteiger partial charge is 0.268 e. The Morgan fingerprint density at radius 2 is 2.03 bits per heavy atom. The predicted octanol–water partition coefficient (Wildman–Crippen LogP) is 4.13. The van der Waals surface area contributed by atoms with Crippen LogP contribution < -0.4 is 15.0 Å². The lowest BCUT2D eigenvalue weighted by Crippen LogP contribution is -2.17. The number of nitrogens with zero attached hydrogens (tertiary/aromatic N) is 5. The zero-order chi connectivity index (χ0) is 23.0. The number of aromatic nitrogens is 3. The van der Waals surface area contributed by atoms with Crippen molar-refractivity contribution in [2.45, 2.75) is 32.7 Å². The minimum absolute atomic E-state index is 0.00365. The van der Waals surface area contributed by atoms with Crippen LogP contribution in [0.2, 0.25) is 0 Å². The zero-order valence-electron chi connectivity index (χ0n) is 18.5. The molecule has 170 valence electrons. The quantitative estimate of drug-likeness (QED) is 0.379. The second kappa shape index (κ2) is 10.8.